The van der Waals surface area contributed by atoms with Gasteiger partial charge >= 0.3 is 0 Å². The first-order valence-electron chi connectivity index (χ1n) is 10.9. The van der Waals surface area contributed by atoms with Gasteiger partial charge in [-0.3, -0.25) is 4.79 Å². The summed E-state index contributed by atoms with van der Waals surface area (Å²) in [5.74, 6) is 0. The van der Waals surface area contributed by atoms with Crippen LogP contribution in [0.2, 0.25) is 0 Å². The number of fused-ring (bicyclic) bond motifs is 4. The molecule has 0 aliphatic heterocycles. The first-order chi connectivity index (χ1) is 16.5. The molecular weight excluding hydrogens is 552 g/mol. The third kappa shape index (κ3) is 4.25. The highest BCUT2D eigenvalue weighted by Crippen LogP contribution is 2.38. The fraction of sp³-hybridized carbons (Fsp3) is 0.0333. The molecule has 0 spiro atoms. The Labute approximate surface area is 214 Å². The predicted octanol–water partition coefficient (Wildman–Crippen LogP) is 8.09. The van der Waals surface area contributed by atoms with E-state index in [-0.39, 0.29) is 5.43 Å². The summed E-state index contributed by atoms with van der Waals surface area (Å²) in [6.07, 6.45) is 1.50. The Hall–Kier alpha value is -3.05. The number of rotatable bonds is 0. The van der Waals surface area contributed by atoms with Gasteiger partial charge in [0.2, 0.25) is 0 Å². The van der Waals surface area contributed by atoms with Gasteiger partial charge in [-0.25, -0.2) is 0 Å². The number of aliphatic hydroxyl groups is 1. The SMILES string of the molecule is O=c1c2ccccc2cc(Br)c2ccccc12.OC1c2ccccc2C=C(Br)c2ccccc21. The molecule has 6 rings (SSSR count). The first-order valence-corrected chi connectivity index (χ1v) is 12.5. The monoisotopic (exact) mass is 570 g/mol. The van der Waals surface area contributed by atoms with Crippen molar-refractivity contribution in [3.05, 3.63) is 140 Å². The second kappa shape index (κ2) is 9.67. The second-order valence-electron chi connectivity index (χ2n) is 8.07. The first kappa shape index (κ1) is 22.7. The van der Waals surface area contributed by atoms with Crippen molar-refractivity contribution in [2.45, 2.75) is 6.10 Å². The van der Waals surface area contributed by atoms with Gasteiger partial charge in [0.05, 0.1) is 0 Å². The van der Waals surface area contributed by atoms with Crippen LogP contribution in [0.4, 0.5) is 0 Å². The van der Waals surface area contributed by atoms with Gasteiger partial charge in [-0.2, -0.15) is 0 Å². The minimum absolute atomic E-state index is 0.0851. The molecule has 5 aromatic rings. The molecule has 1 aliphatic rings. The average molecular weight is 572 g/mol. The van der Waals surface area contributed by atoms with Crippen molar-refractivity contribution in [1.29, 1.82) is 0 Å². The highest BCUT2D eigenvalue weighted by molar-refractivity contribution is 9.15. The molecular formula is C30H20Br2O2. The summed E-state index contributed by atoms with van der Waals surface area (Å²) in [6.45, 7) is 0. The van der Waals surface area contributed by atoms with Crippen molar-refractivity contribution in [2.75, 3.05) is 0 Å². The molecule has 1 unspecified atom stereocenters. The molecule has 0 radical (unpaired) electrons. The van der Waals surface area contributed by atoms with Crippen LogP contribution < -0.4 is 5.43 Å². The van der Waals surface area contributed by atoms with E-state index in [1.54, 1.807) is 0 Å². The average Bonchev–Trinajstić information content (AvgIpc) is 3.06. The molecule has 1 N–H and O–H groups in total. The van der Waals surface area contributed by atoms with E-state index in [0.29, 0.717) is 0 Å². The van der Waals surface area contributed by atoms with E-state index in [4.69, 9.17) is 0 Å². The Morgan fingerprint density at radius 1 is 0.647 bits per heavy atom. The smallest absolute Gasteiger partial charge is 0.194 e. The zero-order chi connectivity index (χ0) is 23.7. The minimum Gasteiger partial charge on any atom is -0.384 e. The molecule has 0 fully saturated rings. The van der Waals surface area contributed by atoms with E-state index in [1.807, 2.05) is 103 Å². The van der Waals surface area contributed by atoms with Crippen LogP contribution in [0.1, 0.15) is 28.4 Å². The Morgan fingerprint density at radius 3 is 2.03 bits per heavy atom. The lowest BCUT2D eigenvalue weighted by atomic mass is 9.97. The van der Waals surface area contributed by atoms with E-state index in [0.717, 1.165) is 52.8 Å². The molecule has 0 heterocycles. The molecule has 166 valence electrons. The summed E-state index contributed by atoms with van der Waals surface area (Å²) < 4.78 is 1.96. The normalized spacial score (nSPS) is 14.3. The van der Waals surface area contributed by atoms with E-state index in [2.05, 4.69) is 37.9 Å². The Balaban J connectivity index is 0.000000142. The molecule has 0 saturated carbocycles. The maximum Gasteiger partial charge on any atom is 0.194 e. The quantitative estimate of drug-likeness (QED) is 0.204. The highest BCUT2D eigenvalue weighted by Gasteiger charge is 2.20. The third-order valence-corrected chi connectivity index (χ3v) is 7.31. The summed E-state index contributed by atoms with van der Waals surface area (Å²) in [5.41, 5.74) is 4.09. The standard InChI is InChI=1S/C15H11BrO.C15H9BrO/c2*16-14-9-10-5-1-2-6-11(10)15(17)13-8-4-3-7-12(13)14/h1-9,15,17H;1-9H. The fourth-order valence-corrected chi connectivity index (χ4v) is 5.50. The summed E-state index contributed by atoms with van der Waals surface area (Å²) in [6, 6.07) is 33.2. The van der Waals surface area contributed by atoms with Crippen LogP contribution in [0.5, 0.6) is 0 Å². The predicted molar refractivity (Wildman–Crippen MR) is 149 cm³/mol. The van der Waals surface area contributed by atoms with Gasteiger partial charge in [-0.1, -0.05) is 129 Å². The van der Waals surface area contributed by atoms with Crippen LogP contribution in [-0.2, 0) is 0 Å². The van der Waals surface area contributed by atoms with Gasteiger partial charge in [-0.05, 0) is 45.2 Å². The van der Waals surface area contributed by atoms with Gasteiger partial charge in [0, 0.05) is 19.7 Å². The van der Waals surface area contributed by atoms with Crippen molar-refractivity contribution in [3.8, 4) is 0 Å². The number of benzene rings is 4. The lowest BCUT2D eigenvalue weighted by molar-refractivity contribution is 0.220. The number of halogens is 2. The largest absolute Gasteiger partial charge is 0.384 e. The van der Waals surface area contributed by atoms with E-state index < -0.39 is 6.10 Å². The molecule has 1 atom stereocenters. The summed E-state index contributed by atoms with van der Waals surface area (Å²) in [7, 11) is 0. The maximum atomic E-state index is 12.4. The topological polar surface area (TPSA) is 37.3 Å². The summed E-state index contributed by atoms with van der Waals surface area (Å²) in [4.78, 5) is 12.4. The van der Waals surface area contributed by atoms with Crippen molar-refractivity contribution in [1.82, 2.24) is 0 Å². The zero-order valence-electron chi connectivity index (χ0n) is 18.1. The fourth-order valence-electron chi connectivity index (χ4n) is 4.30. The van der Waals surface area contributed by atoms with Crippen LogP contribution in [0, 0.1) is 0 Å². The van der Waals surface area contributed by atoms with Gasteiger partial charge in [0.25, 0.3) is 0 Å². The van der Waals surface area contributed by atoms with Gasteiger partial charge in [0.15, 0.2) is 5.43 Å². The zero-order valence-corrected chi connectivity index (χ0v) is 21.3. The Morgan fingerprint density at radius 2 is 1.24 bits per heavy atom. The van der Waals surface area contributed by atoms with Crippen molar-refractivity contribution in [3.63, 3.8) is 0 Å². The third-order valence-electron chi connectivity index (χ3n) is 6.00. The molecule has 34 heavy (non-hydrogen) atoms. The maximum absolute atomic E-state index is 12.4. The number of hydrogen-bond acceptors (Lipinski definition) is 2. The second-order valence-corrected chi connectivity index (χ2v) is 9.77. The van der Waals surface area contributed by atoms with Crippen LogP contribution >= 0.6 is 31.9 Å². The molecule has 0 amide bonds. The Bertz CT molecular complexity index is 1620. The molecule has 5 aromatic carbocycles. The van der Waals surface area contributed by atoms with Crippen molar-refractivity contribution >= 4 is 64.0 Å². The van der Waals surface area contributed by atoms with Crippen molar-refractivity contribution < 1.29 is 5.11 Å². The van der Waals surface area contributed by atoms with Crippen LogP contribution in [0.15, 0.2) is 112 Å². The number of aliphatic hydroxyl groups excluding tert-OH is 1. The molecule has 1 aliphatic carbocycles. The van der Waals surface area contributed by atoms with E-state index in [9.17, 15) is 9.90 Å². The Kier molecular flexibility index (Phi) is 6.46. The molecule has 2 nitrogen and oxygen atoms in total. The molecule has 4 heteroatoms. The lowest BCUT2D eigenvalue weighted by Crippen LogP contribution is -2.02. The van der Waals surface area contributed by atoms with Crippen LogP contribution in [-0.4, -0.2) is 5.11 Å². The van der Waals surface area contributed by atoms with Crippen molar-refractivity contribution in [2.24, 2.45) is 0 Å². The molecule has 0 saturated heterocycles. The van der Waals surface area contributed by atoms with Gasteiger partial charge < -0.3 is 5.11 Å². The minimum atomic E-state index is -0.561. The van der Waals surface area contributed by atoms with Crippen LogP contribution in [0.25, 0.3) is 32.1 Å². The summed E-state index contributed by atoms with van der Waals surface area (Å²) >= 11 is 7.13. The van der Waals surface area contributed by atoms with Gasteiger partial charge in [0.1, 0.15) is 6.10 Å². The molecule has 0 aromatic heterocycles. The van der Waals surface area contributed by atoms with E-state index in [1.165, 1.54) is 0 Å². The van der Waals surface area contributed by atoms with E-state index >= 15 is 0 Å². The summed E-state index contributed by atoms with van der Waals surface area (Å²) in [5, 5.41) is 13.9. The van der Waals surface area contributed by atoms with Gasteiger partial charge in [-0.15, -0.1) is 0 Å². The molecule has 0 bridgehead atoms. The number of hydrogen-bond donors (Lipinski definition) is 1. The lowest BCUT2D eigenvalue weighted by Gasteiger charge is -2.14. The van der Waals surface area contributed by atoms with Crippen LogP contribution in [0.3, 0.4) is 0 Å². The highest BCUT2D eigenvalue weighted by atomic mass is 79.9.